The minimum atomic E-state index is -1.27. The number of carboxylic acid groups (broad SMARTS) is 1. The molecule has 2 unspecified atom stereocenters. The van der Waals surface area contributed by atoms with Gasteiger partial charge in [0.1, 0.15) is 24.7 Å². The number of carbonyl (C=O) groups is 1. The molecule has 2 atom stereocenters. The first-order chi connectivity index (χ1) is 14.4. The van der Waals surface area contributed by atoms with Gasteiger partial charge in [-0.3, -0.25) is 4.79 Å². The van der Waals surface area contributed by atoms with Crippen molar-refractivity contribution in [2.24, 2.45) is 0 Å². The maximum Gasteiger partial charge on any atom is 0.303 e. The molecular weight excluding hydrogens is 420 g/mol. The lowest BCUT2D eigenvalue weighted by molar-refractivity contribution is -0.137. The predicted octanol–water partition coefficient (Wildman–Crippen LogP) is 5.36. The minimum Gasteiger partial charge on any atom is -0.612 e. The molecule has 0 spiro atoms. The third-order valence-corrected chi connectivity index (χ3v) is 6.32. The van der Waals surface area contributed by atoms with Crippen molar-refractivity contribution in [2.75, 3.05) is 6.26 Å². The van der Waals surface area contributed by atoms with Crippen molar-refractivity contribution in [1.82, 2.24) is 0 Å². The smallest absolute Gasteiger partial charge is 0.303 e. The number of aryl methyl sites for hydroxylation is 1. The number of ether oxygens (including phenoxy) is 2. The zero-order valence-electron chi connectivity index (χ0n) is 16.9. The van der Waals surface area contributed by atoms with E-state index >= 15 is 0 Å². The number of benzene rings is 2. The topological polar surface area (TPSA) is 78.8 Å². The van der Waals surface area contributed by atoms with E-state index in [0.717, 1.165) is 16.7 Å². The summed E-state index contributed by atoms with van der Waals surface area (Å²) in [5.74, 6) is 0.161. The van der Waals surface area contributed by atoms with Gasteiger partial charge in [-0.2, -0.15) is 11.3 Å². The Morgan fingerprint density at radius 3 is 2.70 bits per heavy atom. The molecule has 30 heavy (non-hydrogen) atoms. The number of hydrogen-bond donors (Lipinski definition) is 1. The van der Waals surface area contributed by atoms with Crippen molar-refractivity contribution in [3.63, 3.8) is 0 Å². The summed E-state index contributed by atoms with van der Waals surface area (Å²) < 4.78 is 24.4. The monoisotopic (exact) mass is 444 g/mol. The molecule has 0 fully saturated rings. The number of carboxylic acids is 1. The van der Waals surface area contributed by atoms with Crippen LogP contribution in [-0.2, 0) is 22.6 Å². The first-order valence-corrected chi connectivity index (χ1v) is 12.0. The van der Waals surface area contributed by atoms with Crippen LogP contribution in [0.1, 0.15) is 35.6 Å². The van der Waals surface area contributed by atoms with E-state index in [1.807, 2.05) is 48.0 Å². The van der Waals surface area contributed by atoms with E-state index in [4.69, 9.17) is 14.6 Å². The van der Waals surface area contributed by atoms with Crippen LogP contribution in [0.4, 0.5) is 0 Å². The summed E-state index contributed by atoms with van der Waals surface area (Å²) in [5.41, 5.74) is 3.00. The Morgan fingerprint density at radius 2 is 2.03 bits per heavy atom. The molecule has 0 radical (unpaired) electrons. The predicted molar refractivity (Wildman–Crippen MR) is 119 cm³/mol. The fourth-order valence-electron chi connectivity index (χ4n) is 3.08. The lowest BCUT2D eigenvalue weighted by atomic mass is 10.00. The standard InChI is InChI=1S/C23H24O5S2/c1-16-5-3-4-6-19(16)20(8-10-23(24)25)28-21-13-18(7-9-22(21)30(2)26)27-14-17-11-12-29-15-17/h3-7,9,11-13,15,20H,8,10,14H2,1-2H3,(H,24,25). The summed E-state index contributed by atoms with van der Waals surface area (Å²) >= 11 is 0.338. The Kier molecular flexibility index (Phi) is 7.79. The molecule has 1 aromatic heterocycles. The summed E-state index contributed by atoms with van der Waals surface area (Å²) in [7, 11) is 0. The maximum atomic E-state index is 12.3. The van der Waals surface area contributed by atoms with E-state index < -0.39 is 23.2 Å². The zero-order chi connectivity index (χ0) is 21.5. The maximum absolute atomic E-state index is 12.3. The van der Waals surface area contributed by atoms with Crippen molar-refractivity contribution >= 4 is 28.5 Å². The first kappa shape index (κ1) is 22.2. The van der Waals surface area contributed by atoms with Crippen LogP contribution in [0, 0.1) is 6.92 Å². The largest absolute Gasteiger partial charge is 0.612 e. The van der Waals surface area contributed by atoms with Gasteiger partial charge in [0.15, 0.2) is 10.6 Å². The van der Waals surface area contributed by atoms with Gasteiger partial charge in [-0.1, -0.05) is 24.3 Å². The lowest BCUT2D eigenvalue weighted by Gasteiger charge is -2.22. The molecular formula is C23H24O5S2. The second kappa shape index (κ2) is 10.5. The van der Waals surface area contributed by atoms with Crippen molar-refractivity contribution in [1.29, 1.82) is 0 Å². The van der Waals surface area contributed by atoms with E-state index in [0.29, 0.717) is 29.4 Å². The Labute approximate surface area is 183 Å². The van der Waals surface area contributed by atoms with Gasteiger partial charge in [0.25, 0.3) is 0 Å². The second-order valence-corrected chi connectivity index (χ2v) is 9.01. The van der Waals surface area contributed by atoms with Crippen LogP contribution in [0.15, 0.2) is 64.2 Å². The Hall–Kier alpha value is -2.48. The van der Waals surface area contributed by atoms with E-state index in [1.54, 1.807) is 35.8 Å². The van der Waals surface area contributed by atoms with E-state index in [1.165, 1.54) is 0 Å². The third-order valence-electron chi connectivity index (χ3n) is 4.64. The van der Waals surface area contributed by atoms with Crippen LogP contribution in [-0.4, -0.2) is 21.9 Å². The quantitative estimate of drug-likeness (QED) is 0.426. The molecule has 2 aromatic carbocycles. The molecule has 0 saturated carbocycles. The minimum absolute atomic E-state index is 0.0299. The molecule has 0 bridgehead atoms. The van der Waals surface area contributed by atoms with E-state index in [-0.39, 0.29) is 6.42 Å². The summed E-state index contributed by atoms with van der Waals surface area (Å²) in [6.07, 6.45) is 1.39. The highest BCUT2D eigenvalue weighted by atomic mass is 32.2. The number of thiophene rings is 1. The normalized spacial score (nSPS) is 12.9. The van der Waals surface area contributed by atoms with Gasteiger partial charge in [-0.15, -0.1) is 0 Å². The summed E-state index contributed by atoms with van der Waals surface area (Å²) in [6, 6.07) is 15.0. The van der Waals surface area contributed by atoms with Crippen molar-refractivity contribution < 1.29 is 23.9 Å². The van der Waals surface area contributed by atoms with Crippen molar-refractivity contribution in [2.45, 2.75) is 37.4 Å². The molecule has 1 N–H and O–H groups in total. The molecule has 0 saturated heterocycles. The van der Waals surface area contributed by atoms with Crippen LogP contribution in [0.3, 0.4) is 0 Å². The molecule has 0 amide bonds. The molecule has 5 nitrogen and oxygen atoms in total. The van der Waals surface area contributed by atoms with Gasteiger partial charge < -0.3 is 19.1 Å². The molecule has 0 aliphatic heterocycles. The van der Waals surface area contributed by atoms with Crippen LogP contribution < -0.4 is 9.47 Å². The zero-order valence-corrected chi connectivity index (χ0v) is 18.5. The van der Waals surface area contributed by atoms with Gasteiger partial charge in [0.05, 0.1) is 0 Å². The molecule has 0 aliphatic rings. The van der Waals surface area contributed by atoms with Crippen LogP contribution >= 0.6 is 11.3 Å². The molecule has 3 rings (SSSR count). The number of hydrogen-bond acceptors (Lipinski definition) is 5. The Morgan fingerprint density at radius 1 is 1.23 bits per heavy atom. The van der Waals surface area contributed by atoms with Crippen LogP contribution in [0.25, 0.3) is 0 Å². The third kappa shape index (κ3) is 6.01. The first-order valence-electron chi connectivity index (χ1n) is 9.49. The summed E-state index contributed by atoms with van der Waals surface area (Å²) in [4.78, 5) is 11.7. The van der Waals surface area contributed by atoms with Crippen LogP contribution in [0.5, 0.6) is 11.5 Å². The fourth-order valence-corrected chi connectivity index (χ4v) is 4.39. The fraction of sp³-hybridized carbons (Fsp3) is 0.261. The number of rotatable bonds is 10. The molecule has 158 valence electrons. The highest BCUT2D eigenvalue weighted by Gasteiger charge is 2.22. The summed E-state index contributed by atoms with van der Waals surface area (Å²) in [5, 5.41) is 13.2. The number of aliphatic carboxylic acids is 1. The highest BCUT2D eigenvalue weighted by Crippen LogP contribution is 2.35. The SMILES string of the molecule is Cc1ccccc1C(CCC(=O)O)Oc1cc(OCc2ccsc2)ccc1[S+](C)[O-]. The Balaban J connectivity index is 1.88. The van der Waals surface area contributed by atoms with Gasteiger partial charge in [-0.05, 0) is 64.1 Å². The molecule has 7 heteroatoms. The average Bonchev–Trinajstić information content (AvgIpc) is 3.23. The summed E-state index contributed by atoms with van der Waals surface area (Å²) in [6.45, 7) is 2.39. The lowest BCUT2D eigenvalue weighted by Crippen LogP contribution is -2.13. The van der Waals surface area contributed by atoms with Gasteiger partial charge in [0.2, 0.25) is 0 Å². The molecule has 0 aliphatic carbocycles. The highest BCUT2D eigenvalue weighted by molar-refractivity contribution is 7.90. The van der Waals surface area contributed by atoms with Gasteiger partial charge in [-0.25, -0.2) is 0 Å². The van der Waals surface area contributed by atoms with Crippen molar-refractivity contribution in [3.05, 3.63) is 76.0 Å². The Bertz CT molecular complexity index is 969. The second-order valence-electron chi connectivity index (χ2n) is 6.88. The van der Waals surface area contributed by atoms with Crippen molar-refractivity contribution in [3.8, 4) is 11.5 Å². The molecule has 1 heterocycles. The molecule has 3 aromatic rings. The van der Waals surface area contributed by atoms with E-state index in [2.05, 4.69) is 0 Å². The van der Waals surface area contributed by atoms with E-state index in [9.17, 15) is 9.35 Å². The van der Waals surface area contributed by atoms with Gasteiger partial charge >= 0.3 is 5.97 Å². The average molecular weight is 445 g/mol. The van der Waals surface area contributed by atoms with Gasteiger partial charge in [0, 0.05) is 18.6 Å². The van der Waals surface area contributed by atoms with Crippen LogP contribution in [0.2, 0.25) is 0 Å².